The van der Waals surface area contributed by atoms with Gasteiger partial charge < -0.3 is 4.42 Å². The van der Waals surface area contributed by atoms with Crippen LogP contribution in [-0.4, -0.2) is 20.0 Å². The zero-order valence-corrected chi connectivity index (χ0v) is 12.0. The van der Waals surface area contributed by atoms with Crippen LogP contribution in [0.25, 0.3) is 11.1 Å². The van der Waals surface area contributed by atoms with Crippen molar-refractivity contribution < 1.29 is 9.21 Å². The largest absolute Gasteiger partial charge is 0.440 e. The number of para-hydroxylation sites is 2. The number of fused-ring (bicyclic) bond motifs is 1. The SMILES string of the molecule is Cc1cc(C)n(C(=O)SCc2nc3ccccc3o2)n1. The molecule has 0 fully saturated rings. The topological polar surface area (TPSA) is 60.9 Å². The van der Waals surface area contributed by atoms with E-state index in [2.05, 4.69) is 10.1 Å². The van der Waals surface area contributed by atoms with Crippen molar-refractivity contribution in [2.45, 2.75) is 19.6 Å². The van der Waals surface area contributed by atoms with Crippen LogP contribution in [0.5, 0.6) is 0 Å². The van der Waals surface area contributed by atoms with Gasteiger partial charge in [0.05, 0.1) is 11.4 Å². The summed E-state index contributed by atoms with van der Waals surface area (Å²) < 4.78 is 6.98. The quantitative estimate of drug-likeness (QED) is 0.721. The van der Waals surface area contributed by atoms with Crippen LogP contribution in [0.3, 0.4) is 0 Å². The summed E-state index contributed by atoms with van der Waals surface area (Å²) in [6, 6.07) is 9.42. The molecule has 2 heterocycles. The minimum Gasteiger partial charge on any atom is -0.440 e. The lowest BCUT2D eigenvalue weighted by Crippen LogP contribution is -2.09. The number of aromatic nitrogens is 3. The van der Waals surface area contributed by atoms with Gasteiger partial charge in [0.15, 0.2) is 5.58 Å². The standard InChI is InChI=1S/C14H13N3O2S/c1-9-7-10(2)17(16-9)14(18)20-8-13-15-11-5-3-4-6-12(11)19-13/h3-7H,8H2,1-2H3. The average molecular weight is 287 g/mol. The first-order chi connectivity index (χ1) is 9.63. The number of thioether (sulfide) groups is 1. The fraction of sp³-hybridized carbons (Fsp3) is 0.214. The van der Waals surface area contributed by atoms with Gasteiger partial charge in [0.2, 0.25) is 5.89 Å². The van der Waals surface area contributed by atoms with E-state index in [-0.39, 0.29) is 5.24 Å². The second-order valence-corrected chi connectivity index (χ2v) is 5.40. The highest BCUT2D eigenvalue weighted by Gasteiger charge is 2.13. The zero-order valence-electron chi connectivity index (χ0n) is 11.2. The molecule has 2 aromatic heterocycles. The summed E-state index contributed by atoms with van der Waals surface area (Å²) in [5.74, 6) is 0.942. The zero-order chi connectivity index (χ0) is 14.1. The van der Waals surface area contributed by atoms with Gasteiger partial charge in [-0.05, 0) is 32.0 Å². The molecular weight excluding hydrogens is 274 g/mol. The molecule has 0 saturated carbocycles. The van der Waals surface area contributed by atoms with Gasteiger partial charge in [0.1, 0.15) is 5.52 Å². The van der Waals surface area contributed by atoms with E-state index in [0.717, 1.165) is 34.2 Å². The van der Waals surface area contributed by atoms with Crippen LogP contribution in [-0.2, 0) is 5.75 Å². The molecule has 0 aliphatic rings. The van der Waals surface area contributed by atoms with Crippen LogP contribution in [0.15, 0.2) is 34.7 Å². The van der Waals surface area contributed by atoms with Crippen LogP contribution < -0.4 is 0 Å². The normalized spacial score (nSPS) is 11.1. The Hall–Kier alpha value is -2.08. The highest BCUT2D eigenvalue weighted by Crippen LogP contribution is 2.20. The molecule has 1 aromatic carbocycles. The second-order valence-electron chi connectivity index (χ2n) is 4.47. The van der Waals surface area contributed by atoms with Crippen molar-refractivity contribution in [3.63, 3.8) is 0 Å². The van der Waals surface area contributed by atoms with Gasteiger partial charge in [0, 0.05) is 5.69 Å². The highest BCUT2D eigenvalue weighted by molar-refractivity contribution is 8.12. The number of rotatable bonds is 2. The van der Waals surface area contributed by atoms with E-state index in [1.807, 2.05) is 44.2 Å². The van der Waals surface area contributed by atoms with Crippen molar-refractivity contribution in [1.29, 1.82) is 0 Å². The van der Waals surface area contributed by atoms with E-state index in [0.29, 0.717) is 11.6 Å². The lowest BCUT2D eigenvalue weighted by molar-refractivity contribution is 0.259. The molecule has 6 heteroatoms. The van der Waals surface area contributed by atoms with E-state index in [4.69, 9.17) is 4.42 Å². The number of hydrogen-bond donors (Lipinski definition) is 0. The smallest absolute Gasteiger partial charge is 0.306 e. The van der Waals surface area contributed by atoms with E-state index in [1.165, 1.54) is 4.68 Å². The second kappa shape index (κ2) is 5.13. The molecule has 0 aliphatic heterocycles. The summed E-state index contributed by atoms with van der Waals surface area (Å²) in [7, 11) is 0. The van der Waals surface area contributed by atoms with E-state index >= 15 is 0 Å². The molecule has 3 rings (SSSR count). The maximum Gasteiger partial charge on any atom is 0.306 e. The molecule has 0 spiro atoms. The van der Waals surface area contributed by atoms with Gasteiger partial charge in [-0.15, -0.1) is 0 Å². The number of oxazole rings is 1. The first-order valence-corrected chi connectivity index (χ1v) is 7.17. The Morgan fingerprint density at radius 3 is 2.85 bits per heavy atom. The Kier molecular flexibility index (Phi) is 3.31. The van der Waals surface area contributed by atoms with Crippen molar-refractivity contribution in [1.82, 2.24) is 14.8 Å². The van der Waals surface area contributed by atoms with Crippen molar-refractivity contribution in [2.24, 2.45) is 0 Å². The molecule has 0 bridgehead atoms. The first-order valence-electron chi connectivity index (χ1n) is 6.18. The van der Waals surface area contributed by atoms with Crippen LogP contribution in [0.1, 0.15) is 17.3 Å². The van der Waals surface area contributed by atoms with Gasteiger partial charge >= 0.3 is 5.24 Å². The molecule has 0 amide bonds. The number of nitrogens with zero attached hydrogens (tertiary/aromatic N) is 3. The van der Waals surface area contributed by atoms with Gasteiger partial charge in [-0.3, -0.25) is 4.79 Å². The van der Waals surface area contributed by atoms with E-state index < -0.39 is 0 Å². The summed E-state index contributed by atoms with van der Waals surface area (Å²) >= 11 is 1.13. The third-order valence-electron chi connectivity index (χ3n) is 2.84. The lowest BCUT2D eigenvalue weighted by Gasteiger charge is -2.00. The monoisotopic (exact) mass is 287 g/mol. The molecule has 0 unspecified atom stereocenters. The number of carbonyl (C=O) groups excluding carboxylic acids is 1. The Bertz CT molecular complexity index is 743. The molecular formula is C14H13N3O2S. The summed E-state index contributed by atoms with van der Waals surface area (Å²) in [4.78, 5) is 16.4. The molecule has 102 valence electrons. The van der Waals surface area contributed by atoms with Crippen molar-refractivity contribution >= 4 is 28.1 Å². The molecule has 20 heavy (non-hydrogen) atoms. The predicted octanol–water partition coefficient (Wildman–Crippen LogP) is 3.54. The first kappa shape index (κ1) is 12.9. The number of hydrogen-bond acceptors (Lipinski definition) is 5. The summed E-state index contributed by atoms with van der Waals surface area (Å²) in [5.41, 5.74) is 3.21. The number of benzene rings is 1. The minimum atomic E-state index is -0.127. The average Bonchev–Trinajstić information content (AvgIpc) is 2.98. The Labute approximate surface area is 120 Å². The predicted molar refractivity (Wildman–Crippen MR) is 77.8 cm³/mol. The minimum absolute atomic E-state index is 0.127. The molecule has 0 atom stereocenters. The van der Waals surface area contributed by atoms with Gasteiger partial charge in [-0.1, -0.05) is 23.9 Å². The van der Waals surface area contributed by atoms with Gasteiger partial charge in [-0.25, -0.2) is 4.98 Å². The molecule has 0 radical (unpaired) electrons. The summed E-state index contributed by atoms with van der Waals surface area (Å²) in [6.07, 6.45) is 0. The summed E-state index contributed by atoms with van der Waals surface area (Å²) in [5, 5.41) is 4.03. The summed E-state index contributed by atoms with van der Waals surface area (Å²) in [6.45, 7) is 3.72. The lowest BCUT2D eigenvalue weighted by atomic mass is 10.3. The number of aryl methyl sites for hydroxylation is 2. The van der Waals surface area contributed by atoms with Crippen molar-refractivity contribution in [3.8, 4) is 0 Å². The maximum atomic E-state index is 12.1. The van der Waals surface area contributed by atoms with Gasteiger partial charge in [-0.2, -0.15) is 9.78 Å². The van der Waals surface area contributed by atoms with E-state index in [9.17, 15) is 4.79 Å². The highest BCUT2D eigenvalue weighted by atomic mass is 32.2. The van der Waals surface area contributed by atoms with E-state index in [1.54, 1.807) is 0 Å². The van der Waals surface area contributed by atoms with Crippen LogP contribution in [0.4, 0.5) is 4.79 Å². The van der Waals surface area contributed by atoms with Crippen LogP contribution in [0.2, 0.25) is 0 Å². The third kappa shape index (κ3) is 2.46. The maximum absolute atomic E-state index is 12.1. The molecule has 0 saturated heterocycles. The Morgan fingerprint density at radius 1 is 1.35 bits per heavy atom. The Balaban J connectivity index is 1.73. The Morgan fingerprint density at radius 2 is 2.15 bits per heavy atom. The van der Waals surface area contributed by atoms with Crippen molar-refractivity contribution in [2.75, 3.05) is 0 Å². The third-order valence-corrected chi connectivity index (χ3v) is 3.65. The fourth-order valence-corrected chi connectivity index (χ4v) is 2.66. The molecule has 5 nitrogen and oxygen atoms in total. The molecule has 0 aliphatic carbocycles. The number of carbonyl (C=O) groups is 1. The van der Waals surface area contributed by atoms with Crippen LogP contribution >= 0.6 is 11.8 Å². The molecule has 3 aromatic rings. The fourth-order valence-electron chi connectivity index (χ4n) is 1.98. The molecule has 0 N–H and O–H groups in total. The van der Waals surface area contributed by atoms with Crippen LogP contribution in [0, 0.1) is 13.8 Å². The van der Waals surface area contributed by atoms with Gasteiger partial charge in [0.25, 0.3) is 0 Å². The van der Waals surface area contributed by atoms with Crippen molar-refractivity contribution in [3.05, 3.63) is 47.6 Å².